The zero-order valence-corrected chi connectivity index (χ0v) is 15.0. The number of nitrogens with one attached hydrogen (secondary N) is 1. The number of rotatable bonds is 2. The lowest BCUT2D eigenvalue weighted by atomic mass is 9.76. The fourth-order valence-corrected chi connectivity index (χ4v) is 3.87. The van der Waals surface area contributed by atoms with Gasteiger partial charge in [0.25, 0.3) is 0 Å². The number of aryl methyl sites for hydroxylation is 1. The average molecular weight is 329 g/mol. The van der Waals surface area contributed by atoms with Gasteiger partial charge in [-0.3, -0.25) is 0 Å². The summed E-state index contributed by atoms with van der Waals surface area (Å²) in [6, 6.07) is 2.35. The summed E-state index contributed by atoms with van der Waals surface area (Å²) >= 11 is 12.2. The zero-order valence-electron chi connectivity index (χ0n) is 13.5. The van der Waals surface area contributed by atoms with Gasteiger partial charge in [0.05, 0.1) is 5.69 Å². The normalized spacial score (nSPS) is 23.7. The van der Waals surface area contributed by atoms with Crippen LogP contribution in [-0.2, 0) is 0 Å². The number of hydrogen-bond acceptors (Lipinski definition) is 2. The van der Waals surface area contributed by atoms with E-state index in [2.05, 4.69) is 31.1 Å². The van der Waals surface area contributed by atoms with Crippen LogP contribution in [0.2, 0.25) is 10.3 Å². The molecule has 0 aliphatic heterocycles. The molecule has 2 atom stereocenters. The van der Waals surface area contributed by atoms with Crippen molar-refractivity contribution in [2.75, 3.05) is 5.32 Å². The Morgan fingerprint density at radius 3 is 2.48 bits per heavy atom. The first-order valence-electron chi connectivity index (χ1n) is 7.86. The van der Waals surface area contributed by atoms with Crippen molar-refractivity contribution in [3.05, 3.63) is 21.9 Å². The molecule has 1 N–H and O–H groups in total. The van der Waals surface area contributed by atoms with Crippen molar-refractivity contribution in [2.45, 2.75) is 65.8 Å². The molecular weight excluding hydrogens is 303 g/mol. The van der Waals surface area contributed by atoms with Crippen LogP contribution in [0.25, 0.3) is 0 Å². The average Bonchev–Trinajstić information content (AvgIpc) is 2.58. The van der Waals surface area contributed by atoms with Crippen LogP contribution in [-0.4, -0.2) is 11.0 Å². The maximum atomic E-state index is 6.24. The van der Waals surface area contributed by atoms with Gasteiger partial charge in [-0.05, 0) is 55.6 Å². The van der Waals surface area contributed by atoms with E-state index in [4.69, 9.17) is 23.2 Å². The van der Waals surface area contributed by atoms with E-state index in [0.717, 1.165) is 17.2 Å². The standard InChI is InChI=1S/C17H26Cl2N2/c1-11-10-14(18)21-16(19)15(11)20-13-7-5-6-12(8-9-13)17(2,3)4/h10,12-13,20H,5-9H2,1-4H3. The van der Waals surface area contributed by atoms with E-state index in [1.807, 2.05) is 13.0 Å². The topological polar surface area (TPSA) is 24.9 Å². The van der Waals surface area contributed by atoms with Gasteiger partial charge < -0.3 is 5.32 Å². The second kappa shape index (κ2) is 6.75. The minimum Gasteiger partial charge on any atom is -0.380 e. The van der Waals surface area contributed by atoms with Crippen LogP contribution in [0, 0.1) is 18.3 Å². The number of aromatic nitrogens is 1. The van der Waals surface area contributed by atoms with Crippen molar-refractivity contribution in [1.29, 1.82) is 0 Å². The van der Waals surface area contributed by atoms with Gasteiger partial charge in [0.2, 0.25) is 0 Å². The predicted octanol–water partition coefficient (Wildman–Crippen LogP) is 6.10. The molecule has 2 unspecified atom stereocenters. The Hall–Kier alpha value is -0.470. The molecule has 1 aliphatic carbocycles. The van der Waals surface area contributed by atoms with Crippen LogP contribution in [0.15, 0.2) is 6.07 Å². The van der Waals surface area contributed by atoms with Crippen molar-refractivity contribution in [2.24, 2.45) is 11.3 Å². The minimum absolute atomic E-state index is 0.407. The van der Waals surface area contributed by atoms with Crippen LogP contribution in [0.4, 0.5) is 5.69 Å². The maximum absolute atomic E-state index is 6.24. The van der Waals surface area contributed by atoms with Gasteiger partial charge in [0.15, 0.2) is 5.15 Å². The quantitative estimate of drug-likeness (QED) is 0.523. The molecule has 0 spiro atoms. The van der Waals surface area contributed by atoms with E-state index in [9.17, 15) is 0 Å². The van der Waals surface area contributed by atoms with Gasteiger partial charge in [-0.1, -0.05) is 50.4 Å². The maximum Gasteiger partial charge on any atom is 0.154 e. The summed E-state index contributed by atoms with van der Waals surface area (Å²) < 4.78 is 0. The predicted molar refractivity (Wildman–Crippen MR) is 92.4 cm³/mol. The number of anilines is 1. The Morgan fingerprint density at radius 2 is 1.86 bits per heavy atom. The van der Waals surface area contributed by atoms with Gasteiger partial charge in [0.1, 0.15) is 5.15 Å². The van der Waals surface area contributed by atoms with E-state index in [-0.39, 0.29) is 0 Å². The van der Waals surface area contributed by atoms with Crippen LogP contribution >= 0.6 is 23.2 Å². The molecular formula is C17H26Cl2N2. The molecule has 118 valence electrons. The molecule has 1 heterocycles. The Morgan fingerprint density at radius 1 is 1.14 bits per heavy atom. The third-order valence-electron chi connectivity index (χ3n) is 4.68. The molecule has 4 heteroatoms. The second-order valence-electron chi connectivity index (χ2n) is 7.34. The SMILES string of the molecule is Cc1cc(Cl)nc(Cl)c1NC1CCCC(C(C)(C)C)CC1. The molecule has 2 rings (SSSR count). The summed E-state index contributed by atoms with van der Waals surface area (Å²) in [5.74, 6) is 0.809. The fourth-order valence-electron chi connectivity index (χ4n) is 3.29. The lowest BCUT2D eigenvalue weighted by molar-refractivity contribution is 0.214. The smallest absolute Gasteiger partial charge is 0.154 e. The lowest BCUT2D eigenvalue weighted by Crippen LogP contribution is -2.22. The highest BCUT2D eigenvalue weighted by atomic mass is 35.5. The fraction of sp³-hybridized carbons (Fsp3) is 0.706. The molecule has 2 nitrogen and oxygen atoms in total. The first kappa shape index (κ1) is 16.9. The first-order chi connectivity index (χ1) is 9.77. The molecule has 0 aromatic carbocycles. The molecule has 0 amide bonds. The molecule has 1 fully saturated rings. The van der Waals surface area contributed by atoms with Crippen molar-refractivity contribution < 1.29 is 0 Å². The highest BCUT2D eigenvalue weighted by Gasteiger charge is 2.28. The lowest BCUT2D eigenvalue weighted by Gasteiger charge is -2.29. The van der Waals surface area contributed by atoms with Crippen LogP contribution in [0.3, 0.4) is 0 Å². The van der Waals surface area contributed by atoms with E-state index < -0.39 is 0 Å². The van der Waals surface area contributed by atoms with Gasteiger partial charge in [-0.25, -0.2) is 4.98 Å². The highest BCUT2D eigenvalue weighted by Crippen LogP contribution is 2.38. The third-order valence-corrected chi connectivity index (χ3v) is 5.15. The van der Waals surface area contributed by atoms with Gasteiger partial charge in [0, 0.05) is 6.04 Å². The molecule has 1 aliphatic rings. The Balaban J connectivity index is 2.05. The minimum atomic E-state index is 0.407. The molecule has 1 saturated carbocycles. The molecule has 1 aromatic heterocycles. The van der Waals surface area contributed by atoms with Gasteiger partial charge in [-0.2, -0.15) is 0 Å². The van der Waals surface area contributed by atoms with Crippen molar-refractivity contribution in [3.63, 3.8) is 0 Å². The highest BCUT2D eigenvalue weighted by molar-refractivity contribution is 6.34. The molecule has 0 saturated heterocycles. The number of hydrogen-bond donors (Lipinski definition) is 1. The van der Waals surface area contributed by atoms with E-state index in [1.165, 1.54) is 32.1 Å². The monoisotopic (exact) mass is 328 g/mol. The largest absolute Gasteiger partial charge is 0.380 e. The van der Waals surface area contributed by atoms with E-state index in [0.29, 0.717) is 21.8 Å². The number of halogens is 2. The van der Waals surface area contributed by atoms with E-state index in [1.54, 1.807) is 0 Å². The summed E-state index contributed by atoms with van der Waals surface area (Å²) in [4.78, 5) is 4.15. The molecule has 21 heavy (non-hydrogen) atoms. The summed E-state index contributed by atoms with van der Waals surface area (Å²) in [6.45, 7) is 9.09. The Bertz CT molecular complexity index is 471. The summed E-state index contributed by atoms with van der Waals surface area (Å²) in [7, 11) is 0. The van der Waals surface area contributed by atoms with Gasteiger partial charge >= 0.3 is 0 Å². The third kappa shape index (κ3) is 4.50. The summed E-state index contributed by atoms with van der Waals surface area (Å²) in [5, 5.41) is 4.54. The van der Waals surface area contributed by atoms with E-state index >= 15 is 0 Å². The number of nitrogens with zero attached hydrogens (tertiary/aromatic N) is 1. The number of pyridine rings is 1. The second-order valence-corrected chi connectivity index (χ2v) is 8.09. The Kier molecular flexibility index (Phi) is 5.43. The molecule has 0 radical (unpaired) electrons. The van der Waals surface area contributed by atoms with Crippen molar-refractivity contribution in [1.82, 2.24) is 4.98 Å². The van der Waals surface area contributed by atoms with Crippen LogP contribution < -0.4 is 5.32 Å². The van der Waals surface area contributed by atoms with Crippen molar-refractivity contribution in [3.8, 4) is 0 Å². The summed E-state index contributed by atoms with van der Waals surface area (Å²) in [5.41, 5.74) is 2.42. The zero-order chi connectivity index (χ0) is 15.6. The molecule has 1 aromatic rings. The first-order valence-corrected chi connectivity index (χ1v) is 8.62. The Labute approximate surface area is 138 Å². The van der Waals surface area contributed by atoms with Crippen LogP contribution in [0.5, 0.6) is 0 Å². The molecule has 0 bridgehead atoms. The summed E-state index contributed by atoms with van der Waals surface area (Å²) in [6.07, 6.45) is 6.27. The van der Waals surface area contributed by atoms with Crippen LogP contribution in [0.1, 0.15) is 58.4 Å². The van der Waals surface area contributed by atoms with Crippen molar-refractivity contribution >= 4 is 28.9 Å². The van der Waals surface area contributed by atoms with Gasteiger partial charge in [-0.15, -0.1) is 0 Å².